The first-order valence-electron chi connectivity index (χ1n) is 16.3. The van der Waals surface area contributed by atoms with Gasteiger partial charge in [0.05, 0.1) is 17.1 Å². The van der Waals surface area contributed by atoms with Crippen LogP contribution in [-0.2, 0) is 4.79 Å². The Kier molecular flexibility index (Phi) is 7.21. The summed E-state index contributed by atoms with van der Waals surface area (Å²) in [6, 6.07) is 9.63. The lowest BCUT2D eigenvalue weighted by Crippen LogP contribution is -2.59. The van der Waals surface area contributed by atoms with Gasteiger partial charge in [0.15, 0.2) is 0 Å². The number of hydrogen-bond donors (Lipinski definition) is 1. The third-order valence-corrected chi connectivity index (χ3v) is 11.3. The number of carboxylic acids is 1. The Morgan fingerprint density at radius 3 is 2.34 bits per heavy atom. The number of carbonyl (C=O) groups is 1. The molecule has 1 aromatic heterocycles. The van der Waals surface area contributed by atoms with Crippen LogP contribution in [0, 0.1) is 17.8 Å². The van der Waals surface area contributed by atoms with Crippen molar-refractivity contribution in [1.82, 2.24) is 19.4 Å². The summed E-state index contributed by atoms with van der Waals surface area (Å²) in [4.78, 5) is 35.9. The molecule has 1 N–H and O–H groups in total. The van der Waals surface area contributed by atoms with Crippen LogP contribution in [0.3, 0.4) is 0 Å². The van der Waals surface area contributed by atoms with E-state index in [4.69, 9.17) is 4.98 Å². The summed E-state index contributed by atoms with van der Waals surface area (Å²) in [7, 11) is 0. The molecule has 2 aromatic rings. The topological polar surface area (TPSA) is 78.7 Å². The van der Waals surface area contributed by atoms with Gasteiger partial charge < -0.3 is 14.6 Å². The summed E-state index contributed by atoms with van der Waals surface area (Å²) in [5.74, 6) is 1.78. The second kappa shape index (κ2) is 10.9. The molecule has 7 atom stereocenters. The first-order chi connectivity index (χ1) is 19.9. The molecule has 3 saturated heterocycles. The van der Waals surface area contributed by atoms with E-state index < -0.39 is 5.97 Å². The number of fused-ring (bicyclic) bond motifs is 5. The predicted molar refractivity (Wildman–Crippen MR) is 161 cm³/mol. The zero-order valence-corrected chi connectivity index (χ0v) is 24.6. The van der Waals surface area contributed by atoms with Crippen molar-refractivity contribution in [2.24, 2.45) is 17.8 Å². The lowest BCUT2D eigenvalue weighted by atomic mass is 9.65. The van der Waals surface area contributed by atoms with E-state index >= 15 is 0 Å². The Morgan fingerprint density at radius 1 is 0.927 bits per heavy atom. The van der Waals surface area contributed by atoms with Crippen molar-refractivity contribution in [3.05, 3.63) is 52.6 Å². The predicted octanol–water partition coefficient (Wildman–Crippen LogP) is 6.29. The van der Waals surface area contributed by atoms with E-state index in [-0.39, 0.29) is 24.2 Å². The molecule has 7 heteroatoms. The first-order valence-corrected chi connectivity index (χ1v) is 16.3. The fraction of sp³-hybridized carbons (Fsp3) is 0.676. The van der Waals surface area contributed by atoms with Crippen LogP contribution in [-0.4, -0.2) is 55.1 Å². The molecule has 4 bridgehead atoms. The maximum Gasteiger partial charge on any atom is 0.323 e. The van der Waals surface area contributed by atoms with E-state index in [9.17, 15) is 14.7 Å². The quantitative estimate of drug-likeness (QED) is 0.464. The van der Waals surface area contributed by atoms with Crippen molar-refractivity contribution >= 4 is 17.0 Å². The summed E-state index contributed by atoms with van der Waals surface area (Å²) >= 11 is 0. The number of piperidine rings is 3. The zero-order valence-electron chi connectivity index (χ0n) is 24.6. The molecular weight excluding hydrogens is 512 g/mol. The minimum absolute atomic E-state index is 0.0310. The van der Waals surface area contributed by atoms with E-state index in [0.717, 1.165) is 66.6 Å². The van der Waals surface area contributed by atoms with Crippen LogP contribution in [0.1, 0.15) is 108 Å². The summed E-state index contributed by atoms with van der Waals surface area (Å²) in [5.41, 5.74) is 3.00. The lowest BCUT2D eigenvalue weighted by Gasteiger charge is -2.56. The second-order valence-electron chi connectivity index (χ2n) is 14.1. The minimum Gasteiger partial charge on any atom is -0.480 e. The average molecular weight is 559 g/mol. The monoisotopic (exact) mass is 558 g/mol. The Bertz CT molecular complexity index is 1350. The third kappa shape index (κ3) is 5.02. The van der Waals surface area contributed by atoms with Crippen LogP contribution in [0.25, 0.3) is 11.0 Å². The van der Waals surface area contributed by atoms with Gasteiger partial charge >= 0.3 is 5.97 Å². The molecule has 5 fully saturated rings. The third-order valence-electron chi connectivity index (χ3n) is 11.3. The molecule has 4 heterocycles. The standard InChI is InChI=1S/C34H46N4O3/c1-21-13-23-15-24(14-21)17-27(16-23)37-25-8-6-9-26(37)19-28(18-25)38-30-11-4-3-10-29(30)35-33(34(38)41)31-12-5-7-22(2)36(31)20-32(39)40/h3-4,10-11,21,23-28,31H,2,5-9,12-20H2,1H3,(H,39,40)/t21?,23-,24+,25?,26?,27?,28?,31?. The molecule has 0 amide bonds. The molecule has 1 aromatic carbocycles. The van der Waals surface area contributed by atoms with Crippen LogP contribution in [0.5, 0.6) is 0 Å². The van der Waals surface area contributed by atoms with Gasteiger partial charge in [-0.2, -0.15) is 0 Å². The number of allylic oxidation sites excluding steroid dienone is 1. The van der Waals surface area contributed by atoms with Gasteiger partial charge in [-0.25, -0.2) is 4.98 Å². The SMILES string of the molecule is C=C1CCCC(c2nc3ccccc3n(C3CC4CCCC(C3)N4C3C[C@H]4CC(C)C[C@@H](C3)C4)c2=O)N1CC(=O)O. The van der Waals surface area contributed by atoms with Crippen molar-refractivity contribution in [1.29, 1.82) is 0 Å². The smallest absolute Gasteiger partial charge is 0.323 e. The van der Waals surface area contributed by atoms with Gasteiger partial charge in [-0.05, 0) is 107 Å². The summed E-state index contributed by atoms with van der Waals surface area (Å²) in [6.45, 7) is 6.47. The second-order valence-corrected chi connectivity index (χ2v) is 14.1. The molecule has 7 nitrogen and oxygen atoms in total. The van der Waals surface area contributed by atoms with Crippen LogP contribution in [0.2, 0.25) is 0 Å². The van der Waals surface area contributed by atoms with Crippen molar-refractivity contribution < 1.29 is 9.90 Å². The number of aliphatic carboxylic acids is 1. The Labute approximate surface area is 243 Å². The number of hydrogen-bond acceptors (Lipinski definition) is 5. The maximum absolute atomic E-state index is 14.5. The van der Waals surface area contributed by atoms with Gasteiger partial charge in [-0.15, -0.1) is 0 Å². The Balaban J connectivity index is 1.23. The highest BCUT2D eigenvalue weighted by Gasteiger charge is 2.46. The van der Waals surface area contributed by atoms with Gasteiger partial charge in [-0.3, -0.25) is 14.5 Å². The van der Waals surface area contributed by atoms with Gasteiger partial charge in [0.25, 0.3) is 5.56 Å². The molecule has 3 aliphatic heterocycles. The van der Waals surface area contributed by atoms with Crippen LogP contribution in [0.4, 0.5) is 0 Å². The Hall–Kier alpha value is -2.67. The summed E-state index contributed by atoms with van der Waals surface area (Å²) in [6.07, 6.45) is 15.2. The van der Waals surface area contributed by atoms with E-state index in [1.54, 1.807) is 0 Å². The number of aromatic nitrogens is 2. The fourth-order valence-corrected chi connectivity index (χ4v) is 10.0. The van der Waals surface area contributed by atoms with Crippen molar-refractivity contribution in [2.45, 2.75) is 121 Å². The van der Waals surface area contributed by atoms with Crippen LogP contribution < -0.4 is 5.56 Å². The summed E-state index contributed by atoms with van der Waals surface area (Å²) in [5, 5.41) is 9.65. The van der Waals surface area contributed by atoms with E-state index in [0.29, 0.717) is 23.8 Å². The van der Waals surface area contributed by atoms with Gasteiger partial charge in [0, 0.05) is 29.9 Å². The van der Waals surface area contributed by atoms with E-state index in [1.807, 2.05) is 29.2 Å². The molecule has 5 aliphatic rings. The molecule has 41 heavy (non-hydrogen) atoms. The zero-order chi connectivity index (χ0) is 28.2. The number of rotatable bonds is 5. The maximum atomic E-state index is 14.5. The molecule has 2 saturated carbocycles. The van der Waals surface area contributed by atoms with Crippen molar-refractivity contribution in [2.75, 3.05) is 6.54 Å². The number of likely N-dealkylation sites (tertiary alicyclic amines) is 1. The number of carboxylic acid groups (broad SMARTS) is 1. The number of nitrogens with zero attached hydrogens (tertiary/aromatic N) is 4. The van der Waals surface area contributed by atoms with Crippen molar-refractivity contribution in [3.8, 4) is 0 Å². The van der Waals surface area contributed by atoms with Crippen LogP contribution >= 0.6 is 0 Å². The first kappa shape index (κ1) is 27.2. The summed E-state index contributed by atoms with van der Waals surface area (Å²) < 4.78 is 2.08. The lowest BCUT2D eigenvalue weighted by molar-refractivity contribution is -0.138. The average Bonchev–Trinajstić information content (AvgIpc) is 2.92. The Morgan fingerprint density at radius 2 is 1.63 bits per heavy atom. The molecular formula is C34H46N4O3. The van der Waals surface area contributed by atoms with E-state index in [1.165, 1.54) is 51.4 Å². The van der Waals surface area contributed by atoms with Crippen LogP contribution in [0.15, 0.2) is 41.3 Å². The highest BCUT2D eigenvalue weighted by Crippen LogP contribution is 2.48. The highest BCUT2D eigenvalue weighted by atomic mass is 16.4. The van der Waals surface area contributed by atoms with Gasteiger partial charge in [0.2, 0.25) is 0 Å². The number of benzene rings is 1. The normalized spacial score (nSPS) is 35.9. The molecule has 2 aliphatic carbocycles. The molecule has 5 unspecified atom stereocenters. The largest absolute Gasteiger partial charge is 0.480 e. The fourth-order valence-electron chi connectivity index (χ4n) is 10.0. The highest BCUT2D eigenvalue weighted by molar-refractivity contribution is 5.75. The molecule has 0 spiro atoms. The van der Waals surface area contributed by atoms with Gasteiger partial charge in [0.1, 0.15) is 12.2 Å². The number of para-hydroxylation sites is 2. The molecule has 220 valence electrons. The van der Waals surface area contributed by atoms with E-state index in [2.05, 4.69) is 23.0 Å². The molecule has 0 radical (unpaired) electrons. The molecule has 7 rings (SSSR count). The van der Waals surface area contributed by atoms with Crippen molar-refractivity contribution in [3.63, 3.8) is 0 Å². The van der Waals surface area contributed by atoms with Gasteiger partial charge in [-0.1, -0.05) is 32.1 Å². The minimum atomic E-state index is -0.902.